The van der Waals surface area contributed by atoms with Crippen molar-refractivity contribution in [3.8, 4) is 17.4 Å². The Morgan fingerprint density at radius 3 is 2.18 bits per heavy atom. The first-order valence-corrected chi connectivity index (χ1v) is 16.0. The monoisotopic (exact) mass is 707 g/mol. The number of benzene rings is 3. The second-order valence-electron chi connectivity index (χ2n) is 12.2. The standard InChI is InChI=1S/C37H34F5N5O4/c1-23-30-14-13-29(50-32-15-10-27(21-43-32)44(2)34(48)25-6-8-26(9-7-25)37(40,41)42)20-31(30)45(3)33(23)35(49)47-18-16-46(17-19-47)22-24-4-11-28(12-5-24)51-36(38)39/h4-15,20-21,36H,16-19,22H2,1-3H3. The van der Waals surface area contributed by atoms with Crippen molar-refractivity contribution in [3.63, 3.8) is 0 Å². The van der Waals surface area contributed by atoms with Crippen LogP contribution in [-0.4, -0.2) is 71.0 Å². The Kier molecular flexibility index (Phi) is 9.97. The molecule has 0 saturated carbocycles. The van der Waals surface area contributed by atoms with E-state index < -0.39 is 24.3 Å². The van der Waals surface area contributed by atoms with Crippen molar-refractivity contribution in [2.75, 3.05) is 38.1 Å². The molecule has 0 N–H and O–H groups in total. The van der Waals surface area contributed by atoms with E-state index in [2.05, 4.69) is 14.6 Å². The molecule has 2 amide bonds. The number of rotatable bonds is 9. The van der Waals surface area contributed by atoms with E-state index in [1.165, 1.54) is 30.3 Å². The molecule has 9 nitrogen and oxygen atoms in total. The molecule has 0 spiro atoms. The average molecular weight is 708 g/mol. The number of aryl methyl sites for hydroxylation is 2. The fourth-order valence-electron chi connectivity index (χ4n) is 6.13. The van der Waals surface area contributed by atoms with Gasteiger partial charge in [0.25, 0.3) is 11.8 Å². The Labute approximate surface area is 290 Å². The second kappa shape index (κ2) is 14.4. The summed E-state index contributed by atoms with van der Waals surface area (Å²) in [6.07, 6.45) is -3.06. The molecular weight excluding hydrogens is 673 g/mol. The van der Waals surface area contributed by atoms with Crippen LogP contribution in [0.1, 0.15) is 37.5 Å². The highest BCUT2D eigenvalue weighted by Gasteiger charge is 2.31. The van der Waals surface area contributed by atoms with E-state index in [0.29, 0.717) is 49.9 Å². The number of carbonyl (C=O) groups excluding carboxylic acids is 2. The van der Waals surface area contributed by atoms with Crippen LogP contribution in [0.25, 0.3) is 10.9 Å². The SMILES string of the molecule is Cc1c(C(=O)N2CCN(Cc3ccc(OC(F)F)cc3)CC2)n(C)c2cc(Oc3ccc(N(C)C(=O)c4ccc(C(F)(F)F)cc4)cn3)ccc12. The smallest absolute Gasteiger partial charge is 0.416 e. The number of ether oxygens (including phenoxy) is 2. The summed E-state index contributed by atoms with van der Waals surface area (Å²) in [4.78, 5) is 36.3. The van der Waals surface area contributed by atoms with Gasteiger partial charge in [-0.25, -0.2) is 4.98 Å². The third kappa shape index (κ3) is 7.80. The zero-order chi connectivity index (χ0) is 36.4. The molecule has 1 fully saturated rings. The third-order valence-corrected chi connectivity index (χ3v) is 8.94. The van der Waals surface area contributed by atoms with Crippen LogP contribution in [0.4, 0.5) is 27.6 Å². The van der Waals surface area contributed by atoms with Crippen molar-refractivity contribution in [2.24, 2.45) is 7.05 Å². The molecule has 0 aliphatic carbocycles. The lowest BCUT2D eigenvalue weighted by Crippen LogP contribution is -2.48. The zero-order valence-electron chi connectivity index (χ0n) is 28.0. The number of alkyl halides is 5. The van der Waals surface area contributed by atoms with E-state index in [0.717, 1.165) is 46.3 Å². The van der Waals surface area contributed by atoms with Gasteiger partial charge in [0.05, 0.1) is 23.0 Å². The number of halogens is 5. The maximum absolute atomic E-state index is 13.8. The van der Waals surface area contributed by atoms with Gasteiger partial charge in [-0.05, 0) is 72.6 Å². The molecule has 2 aromatic heterocycles. The van der Waals surface area contributed by atoms with Crippen molar-refractivity contribution in [1.29, 1.82) is 0 Å². The van der Waals surface area contributed by atoms with E-state index in [-0.39, 0.29) is 23.1 Å². The highest BCUT2D eigenvalue weighted by molar-refractivity contribution is 6.05. The highest BCUT2D eigenvalue weighted by Crippen LogP contribution is 2.32. The number of hydrogen-bond acceptors (Lipinski definition) is 6. The van der Waals surface area contributed by atoms with Crippen LogP contribution < -0.4 is 14.4 Å². The predicted octanol–water partition coefficient (Wildman–Crippen LogP) is 7.53. The fraction of sp³-hybridized carbons (Fsp3) is 0.270. The van der Waals surface area contributed by atoms with Gasteiger partial charge >= 0.3 is 12.8 Å². The average Bonchev–Trinajstić information content (AvgIpc) is 3.36. The summed E-state index contributed by atoms with van der Waals surface area (Å²) >= 11 is 0. The van der Waals surface area contributed by atoms with Gasteiger partial charge in [-0.15, -0.1) is 0 Å². The first kappa shape index (κ1) is 35.3. The topological polar surface area (TPSA) is 80.1 Å². The Morgan fingerprint density at radius 1 is 0.902 bits per heavy atom. The Morgan fingerprint density at radius 2 is 1.57 bits per heavy atom. The third-order valence-electron chi connectivity index (χ3n) is 8.94. The number of carbonyl (C=O) groups is 2. The Bertz CT molecular complexity index is 2020. The van der Waals surface area contributed by atoms with Crippen molar-refractivity contribution in [3.05, 3.63) is 113 Å². The zero-order valence-corrected chi connectivity index (χ0v) is 28.0. The van der Waals surface area contributed by atoms with E-state index in [1.54, 1.807) is 30.3 Å². The number of fused-ring (bicyclic) bond motifs is 1. The summed E-state index contributed by atoms with van der Waals surface area (Å²) in [7, 11) is 3.33. The fourth-order valence-corrected chi connectivity index (χ4v) is 6.13. The van der Waals surface area contributed by atoms with Gasteiger partial charge in [0.1, 0.15) is 17.2 Å². The van der Waals surface area contributed by atoms with Gasteiger partial charge in [-0.1, -0.05) is 12.1 Å². The lowest BCUT2D eigenvalue weighted by Gasteiger charge is -2.35. The minimum Gasteiger partial charge on any atom is -0.439 e. The summed E-state index contributed by atoms with van der Waals surface area (Å²) in [5.74, 6) is 0.281. The van der Waals surface area contributed by atoms with Crippen molar-refractivity contribution >= 4 is 28.4 Å². The van der Waals surface area contributed by atoms with Crippen LogP contribution in [0.5, 0.6) is 17.4 Å². The predicted molar refractivity (Wildman–Crippen MR) is 180 cm³/mol. The number of amides is 2. The molecule has 3 aromatic carbocycles. The van der Waals surface area contributed by atoms with Crippen molar-refractivity contribution < 1.29 is 41.0 Å². The van der Waals surface area contributed by atoms with Crippen LogP contribution in [0.2, 0.25) is 0 Å². The molecule has 1 saturated heterocycles. The van der Waals surface area contributed by atoms with E-state index in [9.17, 15) is 31.5 Å². The number of nitrogens with zero attached hydrogens (tertiary/aromatic N) is 5. The normalized spacial score (nSPS) is 13.9. The quantitative estimate of drug-likeness (QED) is 0.148. The van der Waals surface area contributed by atoms with Crippen LogP contribution >= 0.6 is 0 Å². The minimum atomic E-state index is -4.49. The van der Waals surface area contributed by atoms with Crippen LogP contribution in [0.3, 0.4) is 0 Å². The molecule has 5 aromatic rings. The molecule has 1 aliphatic heterocycles. The molecule has 0 radical (unpaired) electrons. The number of hydrogen-bond donors (Lipinski definition) is 0. The molecular formula is C37H34F5N5O4. The van der Waals surface area contributed by atoms with Gasteiger partial charge in [-0.2, -0.15) is 22.0 Å². The maximum atomic E-state index is 13.8. The Balaban J connectivity index is 1.08. The van der Waals surface area contributed by atoms with Gasteiger partial charge in [-0.3, -0.25) is 14.5 Å². The molecule has 51 heavy (non-hydrogen) atoms. The number of anilines is 1. The first-order chi connectivity index (χ1) is 24.3. The number of piperazine rings is 1. The van der Waals surface area contributed by atoms with Crippen LogP contribution in [-0.2, 0) is 19.8 Å². The molecule has 266 valence electrons. The van der Waals surface area contributed by atoms with E-state index >= 15 is 0 Å². The lowest BCUT2D eigenvalue weighted by atomic mass is 10.1. The molecule has 0 unspecified atom stereocenters. The molecule has 6 rings (SSSR count). The van der Waals surface area contributed by atoms with Crippen LogP contribution in [0, 0.1) is 6.92 Å². The van der Waals surface area contributed by atoms with E-state index in [4.69, 9.17) is 4.74 Å². The van der Waals surface area contributed by atoms with Crippen molar-refractivity contribution in [2.45, 2.75) is 26.3 Å². The number of aromatic nitrogens is 2. The summed E-state index contributed by atoms with van der Waals surface area (Å²) in [6.45, 7) is 2.06. The van der Waals surface area contributed by atoms with Gasteiger partial charge in [0, 0.05) is 69.9 Å². The van der Waals surface area contributed by atoms with Gasteiger partial charge in [0.2, 0.25) is 5.88 Å². The summed E-state index contributed by atoms with van der Waals surface area (Å²) in [5.41, 5.74) is 2.86. The molecule has 1 aliphatic rings. The van der Waals surface area contributed by atoms with E-state index in [1.807, 2.05) is 35.6 Å². The van der Waals surface area contributed by atoms with Crippen LogP contribution in [0.15, 0.2) is 85.1 Å². The molecule has 0 atom stereocenters. The summed E-state index contributed by atoms with van der Waals surface area (Å²) in [5, 5.41) is 0.901. The summed E-state index contributed by atoms with van der Waals surface area (Å²) in [6, 6.07) is 19.3. The molecule has 14 heteroatoms. The van der Waals surface area contributed by atoms with Crippen molar-refractivity contribution in [1.82, 2.24) is 19.4 Å². The molecule has 3 heterocycles. The van der Waals surface area contributed by atoms with Gasteiger partial charge < -0.3 is 23.8 Å². The van der Waals surface area contributed by atoms with Gasteiger partial charge in [0.15, 0.2) is 0 Å². The second-order valence-corrected chi connectivity index (χ2v) is 12.2. The largest absolute Gasteiger partial charge is 0.439 e. The Hall–Kier alpha value is -5.50. The minimum absolute atomic E-state index is 0.0750. The molecule has 0 bridgehead atoms. The maximum Gasteiger partial charge on any atom is 0.416 e. The number of pyridine rings is 1. The highest BCUT2D eigenvalue weighted by atomic mass is 19.4. The summed E-state index contributed by atoms with van der Waals surface area (Å²) < 4.78 is 75.9. The first-order valence-electron chi connectivity index (χ1n) is 16.0. The lowest BCUT2D eigenvalue weighted by molar-refractivity contribution is -0.137.